The van der Waals surface area contributed by atoms with Crippen molar-refractivity contribution in [1.82, 2.24) is 0 Å². The molecule has 2 N–H and O–H groups in total. The predicted octanol–water partition coefficient (Wildman–Crippen LogP) is 2.56. The van der Waals surface area contributed by atoms with Crippen molar-refractivity contribution in [2.75, 3.05) is 0 Å². The summed E-state index contributed by atoms with van der Waals surface area (Å²) in [5, 5.41) is 0. The standard InChI is InChI=1S/C4H8Br3N/c1-3(8)2-4(5,6)7/h3H,2,8H2,1H3. The summed E-state index contributed by atoms with van der Waals surface area (Å²) >= 11 is 10.00. The zero-order valence-corrected chi connectivity index (χ0v) is 9.25. The highest BCUT2D eigenvalue weighted by Gasteiger charge is 2.18. The highest BCUT2D eigenvalue weighted by molar-refractivity contribution is 9.39. The molecule has 0 saturated carbocycles. The highest BCUT2D eigenvalue weighted by Crippen LogP contribution is 2.37. The second-order valence-electron chi connectivity index (χ2n) is 1.80. The molecular weight excluding hydrogens is 302 g/mol. The Hall–Kier alpha value is 1.40. The number of hydrogen-bond acceptors (Lipinski definition) is 1. The monoisotopic (exact) mass is 307 g/mol. The van der Waals surface area contributed by atoms with Gasteiger partial charge in [-0.05, 0) is 13.3 Å². The van der Waals surface area contributed by atoms with Gasteiger partial charge in [0.15, 0.2) is 0 Å². The normalized spacial score (nSPS) is 16.1. The molecule has 0 aliphatic rings. The molecule has 0 heterocycles. The molecule has 0 rings (SSSR count). The molecule has 0 bridgehead atoms. The average molecular weight is 310 g/mol. The zero-order chi connectivity index (χ0) is 6.78. The van der Waals surface area contributed by atoms with Crippen LogP contribution in [0.3, 0.4) is 0 Å². The van der Waals surface area contributed by atoms with Crippen LogP contribution < -0.4 is 5.73 Å². The fourth-order valence-corrected chi connectivity index (χ4v) is 1.90. The minimum Gasteiger partial charge on any atom is -0.328 e. The third-order valence-corrected chi connectivity index (χ3v) is 1.52. The van der Waals surface area contributed by atoms with Crippen LogP contribution in [-0.4, -0.2) is 8.18 Å². The van der Waals surface area contributed by atoms with Gasteiger partial charge in [0.2, 0.25) is 0 Å². The second-order valence-corrected chi connectivity index (χ2v) is 9.05. The quantitative estimate of drug-likeness (QED) is 0.740. The lowest BCUT2D eigenvalue weighted by Crippen LogP contribution is -2.20. The molecule has 0 aliphatic heterocycles. The van der Waals surface area contributed by atoms with Crippen LogP contribution in [0.2, 0.25) is 0 Å². The van der Waals surface area contributed by atoms with Gasteiger partial charge in [0.05, 0.1) is 0 Å². The number of nitrogens with two attached hydrogens (primary N) is 1. The molecule has 0 fully saturated rings. The fourth-order valence-electron chi connectivity index (χ4n) is 0.365. The van der Waals surface area contributed by atoms with Gasteiger partial charge in [-0.15, -0.1) is 0 Å². The summed E-state index contributed by atoms with van der Waals surface area (Å²) in [6.07, 6.45) is 0.854. The van der Waals surface area contributed by atoms with Crippen molar-refractivity contribution in [3.8, 4) is 0 Å². The van der Waals surface area contributed by atoms with E-state index >= 15 is 0 Å². The molecule has 0 aromatic heterocycles. The Morgan fingerprint density at radius 2 is 1.88 bits per heavy atom. The Kier molecular flexibility index (Phi) is 4.16. The van der Waals surface area contributed by atoms with Crippen molar-refractivity contribution < 1.29 is 0 Å². The van der Waals surface area contributed by atoms with Crippen LogP contribution in [0.1, 0.15) is 13.3 Å². The molecule has 1 atom stereocenters. The van der Waals surface area contributed by atoms with Crippen molar-refractivity contribution in [3.05, 3.63) is 0 Å². The molecule has 8 heavy (non-hydrogen) atoms. The molecule has 0 radical (unpaired) electrons. The summed E-state index contributed by atoms with van der Waals surface area (Å²) < 4.78 is -0.166. The van der Waals surface area contributed by atoms with Gasteiger partial charge in [-0.1, -0.05) is 47.8 Å². The van der Waals surface area contributed by atoms with Crippen molar-refractivity contribution >= 4 is 47.8 Å². The number of rotatable bonds is 1. The second kappa shape index (κ2) is 3.54. The Bertz CT molecular complexity index is 66.2. The minimum atomic E-state index is -0.166. The largest absolute Gasteiger partial charge is 0.328 e. The lowest BCUT2D eigenvalue weighted by atomic mass is 10.3. The van der Waals surface area contributed by atoms with Gasteiger partial charge in [-0.3, -0.25) is 0 Å². The summed E-state index contributed by atoms with van der Waals surface area (Å²) in [4.78, 5) is 0. The maximum absolute atomic E-state index is 5.49. The van der Waals surface area contributed by atoms with Crippen LogP contribution in [0.4, 0.5) is 0 Å². The minimum absolute atomic E-state index is 0.166. The molecule has 0 amide bonds. The van der Waals surface area contributed by atoms with E-state index in [0.29, 0.717) is 0 Å². The Balaban J connectivity index is 3.39. The van der Waals surface area contributed by atoms with E-state index in [0.717, 1.165) is 6.42 Å². The Labute approximate surface area is 74.8 Å². The first-order valence-electron chi connectivity index (χ1n) is 2.24. The van der Waals surface area contributed by atoms with Gasteiger partial charge in [0.1, 0.15) is 2.14 Å². The molecule has 0 aliphatic carbocycles. The van der Waals surface area contributed by atoms with E-state index < -0.39 is 0 Å². The fraction of sp³-hybridized carbons (Fsp3) is 1.00. The third-order valence-electron chi connectivity index (χ3n) is 0.553. The van der Waals surface area contributed by atoms with Crippen molar-refractivity contribution in [2.45, 2.75) is 21.5 Å². The number of hydrogen-bond donors (Lipinski definition) is 1. The third kappa shape index (κ3) is 7.40. The predicted molar refractivity (Wildman–Crippen MR) is 47.8 cm³/mol. The zero-order valence-electron chi connectivity index (χ0n) is 4.50. The summed E-state index contributed by atoms with van der Waals surface area (Å²) in [6.45, 7) is 1.96. The molecule has 0 aromatic rings. The number of alkyl halides is 3. The van der Waals surface area contributed by atoms with E-state index in [4.69, 9.17) is 5.73 Å². The first-order valence-corrected chi connectivity index (χ1v) is 4.62. The molecule has 50 valence electrons. The summed E-state index contributed by atoms with van der Waals surface area (Å²) in [6, 6.07) is 0.202. The average Bonchev–Trinajstić information content (AvgIpc) is 1.21. The SMILES string of the molecule is CC(N)CC(Br)(Br)Br. The maximum atomic E-state index is 5.49. The van der Waals surface area contributed by atoms with Gasteiger partial charge in [0.25, 0.3) is 0 Å². The molecular formula is C4H8Br3N. The van der Waals surface area contributed by atoms with Crippen LogP contribution >= 0.6 is 47.8 Å². The number of halogens is 3. The smallest absolute Gasteiger partial charge is 0.136 e. The maximum Gasteiger partial charge on any atom is 0.136 e. The molecule has 4 heteroatoms. The van der Waals surface area contributed by atoms with E-state index in [9.17, 15) is 0 Å². The van der Waals surface area contributed by atoms with Gasteiger partial charge in [-0.2, -0.15) is 0 Å². The van der Waals surface area contributed by atoms with Crippen LogP contribution in [0.15, 0.2) is 0 Å². The van der Waals surface area contributed by atoms with Gasteiger partial charge < -0.3 is 5.73 Å². The van der Waals surface area contributed by atoms with E-state index in [-0.39, 0.29) is 8.18 Å². The van der Waals surface area contributed by atoms with Crippen LogP contribution in [0.25, 0.3) is 0 Å². The van der Waals surface area contributed by atoms with Crippen molar-refractivity contribution in [2.24, 2.45) is 5.73 Å². The Morgan fingerprint density at radius 3 is 1.88 bits per heavy atom. The van der Waals surface area contributed by atoms with Crippen molar-refractivity contribution in [1.29, 1.82) is 0 Å². The van der Waals surface area contributed by atoms with Crippen LogP contribution in [-0.2, 0) is 0 Å². The van der Waals surface area contributed by atoms with E-state index in [1.54, 1.807) is 0 Å². The lowest BCUT2D eigenvalue weighted by molar-refractivity contribution is 0.703. The summed E-state index contributed by atoms with van der Waals surface area (Å²) in [5.74, 6) is 0. The van der Waals surface area contributed by atoms with Gasteiger partial charge in [-0.25, -0.2) is 0 Å². The van der Waals surface area contributed by atoms with Gasteiger partial charge in [0, 0.05) is 6.04 Å². The summed E-state index contributed by atoms with van der Waals surface area (Å²) in [7, 11) is 0. The molecule has 0 saturated heterocycles. The van der Waals surface area contributed by atoms with Crippen molar-refractivity contribution in [3.63, 3.8) is 0 Å². The van der Waals surface area contributed by atoms with Crippen LogP contribution in [0, 0.1) is 0 Å². The lowest BCUT2D eigenvalue weighted by Gasteiger charge is -2.13. The molecule has 0 aromatic carbocycles. The molecule has 1 nitrogen and oxygen atoms in total. The molecule has 0 spiro atoms. The van der Waals surface area contributed by atoms with Crippen LogP contribution in [0.5, 0.6) is 0 Å². The first-order chi connectivity index (χ1) is 3.42. The topological polar surface area (TPSA) is 26.0 Å². The highest BCUT2D eigenvalue weighted by atomic mass is 80.0. The Morgan fingerprint density at radius 1 is 1.50 bits per heavy atom. The van der Waals surface area contributed by atoms with E-state index in [1.807, 2.05) is 6.92 Å². The van der Waals surface area contributed by atoms with E-state index in [1.165, 1.54) is 0 Å². The first kappa shape index (κ1) is 9.40. The molecule has 1 unspecified atom stereocenters. The van der Waals surface area contributed by atoms with Gasteiger partial charge >= 0.3 is 0 Å². The summed E-state index contributed by atoms with van der Waals surface area (Å²) in [5.41, 5.74) is 5.49. The van der Waals surface area contributed by atoms with E-state index in [2.05, 4.69) is 47.8 Å².